The second-order valence-corrected chi connectivity index (χ2v) is 5.76. The van der Waals surface area contributed by atoms with Crippen LogP contribution < -0.4 is 0 Å². The normalized spacial score (nSPS) is 11.3. The first-order chi connectivity index (χ1) is 9.65. The highest BCUT2D eigenvalue weighted by Crippen LogP contribution is 2.23. The number of benzene rings is 1. The van der Waals surface area contributed by atoms with Gasteiger partial charge in [0.15, 0.2) is 4.77 Å². The number of aromatic amines is 1. The van der Waals surface area contributed by atoms with Crippen molar-refractivity contribution in [3.63, 3.8) is 0 Å². The van der Waals surface area contributed by atoms with Crippen LogP contribution in [0.3, 0.4) is 0 Å². The summed E-state index contributed by atoms with van der Waals surface area (Å²) < 4.78 is 18.6. The molecule has 0 aliphatic rings. The third-order valence-electron chi connectivity index (χ3n) is 3.17. The molecule has 0 atom stereocenters. The van der Waals surface area contributed by atoms with Crippen LogP contribution in [-0.2, 0) is 13.1 Å². The number of aromatic nitrogens is 4. The van der Waals surface area contributed by atoms with Crippen LogP contribution in [0.25, 0.3) is 11.0 Å². The maximum Gasteiger partial charge on any atom is 0.178 e. The van der Waals surface area contributed by atoms with Crippen LogP contribution in [0, 0.1) is 10.6 Å². The van der Waals surface area contributed by atoms with Crippen LogP contribution >= 0.6 is 28.1 Å². The van der Waals surface area contributed by atoms with E-state index < -0.39 is 0 Å². The highest BCUT2D eigenvalue weighted by atomic mass is 79.9. The summed E-state index contributed by atoms with van der Waals surface area (Å²) in [6.07, 6.45) is 6.41. The Morgan fingerprint density at radius 3 is 2.95 bits per heavy atom. The van der Waals surface area contributed by atoms with E-state index in [9.17, 15) is 4.39 Å². The van der Waals surface area contributed by atoms with Crippen molar-refractivity contribution in [2.75, 3.05) is 0 Å². The van der Waals surface area contributed by atoms with Gasteiger partial charge in [-0.25, -0.2) is 9.37 Å². The molecule has 0 amide bonds. The fraction of sp³-hybridized carbons (Fsp3) is 0.231. The molecule has 3 rings (SSSR count). The SMILES string of the molecule is Fc1cc2[nH]c(=S)n(CCCn3ccnc3)c2cc1Br. The number of fused-ring (bicyclic) bond motifs is 1. The molecule has 104 valence electrons. The number of hydrogen-bond acceptors (Lipinski definition) is 2. The summed E-state index contributed by atoms with van der Waals surface area (Å²) in [6, 6.07) is 3.22. The molecule has 0 aliphatic heterocycles. The van der Waals surface area contributed by atoms with Crippen molar-refractivity contribution in [3.05, 3.63) is 45.9 Å². The maximum atomic E-state index is 13.5. The van der Waals surface area contributed by atoms with E-state index in [2.05, 4.69) is 25.9 Å². The lowest BCUT2D eigenvalue weighted by atomic mass is 10.3. The van der Waals surface area contributed by atoms with Gasteiger partial charge in [-0.05, 0) is 40.6 Å². The van der Waals surface area contributed by atoms with Crippen LogP contribution in [0.5, 0.6) is 0 Å². The number of H-pyrrole nitrogens is 1. The fourth-order valence-electron chi connectivity index (χ4n) is 2.20. The summed E-state index contributed by atoms with van der Waals surface area (Å²) in [6.45, 7) is 1.64. The van der Waals surface area contributed by atoms with E-state index >= 15 is 0 Å². The van der Waals surface area contributed by atoms with Crippen molar-refractivity contribution in [1.29, 1.82) is 0 Å². The summed E-state index contributed by atoms with van der Waals surface area (Å²) in [5.74, 6) is -0.292. The van der Waals surface area contributed by atoms with Gasteiger partial charge < -0.3 is 14.1 Å². The molecule has 1 N–H and O–H groups in total. The van der Waals surface area contributed by atoms with Gasteiger partial charge in [0, 0.05) is 31.5 Å². The third-order valence-corrected chi connectivity index (χ3v) is 4.10. The Hall–Kier alpha value is -1.47. The molecular formula is C13H12BrFN4S. The lowest BCUT2D eigenvalue weighted by Crippen LogP contribution is -2.03. The molecular weight excluding hydrogens is 343 g/mol. The average Bonchev–Trinajstić information content (AvgIpc) is 3.01. The lowest BCUT2D eigenvalue weighted by Gasteiger charge is -2.06. The van der Waals surface area contributed by atoms with Gasteiger partial charge in [-0.2, -0.15) is 0 Å². The molecule has 7 heteroatoms. The minimum atomic E-state index is -0.292. The first-order valence-electron chi connectivity index (χ1n) is 6.18. The summed E-state index contributed by atoms with van der Waals surface area (Å²) >= 11 is 8.51. The van der Waals surface area contributed by atoms with Gasteiger partial charge in [-0.15, -0.1) is 0 Å². The zero-order chi connectivity index (χ0) is 14.1. The molecule has 2 heterocycles. The van der Waals surface area contributed by atoms with Crippen LogP contribution in [0.2, 0.25) is 0 Å². The van der Waals surface area contributed by atoms with E-state index in [-0.39, 0.29) is 5.82 Å². The number of imidazole rings is 2. The minimum absolute atomic E-state index is 0.292. The molecule has 20 heavy (non-hydrogen) atoms. The summed E-state index contributed by atoms with van der Waals surface area (Å²) in [7, 11) is 0. The Kier molecular flexibility index (Phi) is 3.71. The van der Waals surface area contributed by atoms with E-state index in [0.29, 0.717) is 9.24 Å². The van der Waals surface area contributed by atoms with Crippen molar-refractivity contribution in [2.24, 2.45) is 0 Å². The summed E-state index contributed by atoms with van der Waals surface area (Å²) in [5, 5.41) is 0. The van der Waals surface area contributed by atoms with Gasteiger partial charge in [-0.3, -0.25) is 0 Å². The predicted molar refractivity (Wildman–Crippen MR) is 81.6 cm³/mol. The highest BCUT2D eigenvalue weighted by molar-refractivity contribution is 9.10. The number of rotatable bonds is 4. The second kappa shape index (κ2) is 5.49. The fourth-order valence-corrected chi connectivity index (χ4v) is 2.84. The van der Waals surface area contributed by atoms with Crippen molar-refractivity contribution >= 4 is 39.2 Å². The summed E-state index contributed by atoms with van der Waals surface area (Å²) in [4.78, 5) is 7.04. The third kappa shape index (κ3) is 2.55. The van der Waals surface area contributed by atoms with Crippen molar-refractivity contribution in [3.8, 4) is 0 Å². The van der Waals surface area contributed by atoms with Gasteiger partial charge in [-0.1, -0.05) is 0 Å². The smallest absolute Gasteiger partial charge is 0.178 e. The largest absolute Gasteiger partial charge is 0.337 e. The molecule has 3 aromatic rings. The molecule has 0 radical (unpaired) electrons. The average molecular weight is 355 g/mol. The molecule has 0 unspecified atom stereocenters. The lowest BCUT2D eigenvalue weighted by molar-refractivity contribution is 0.567. The molecule has 0 saturated heterocycles. The standard InChI is InChI=1S/C13H12BrFN4S/c14-9-6-12-11(7-10(9)15)17-13(20)19(12)4-1-3-18-5-2-16-8-18/h2,5-8H,1,3-4H2,(H,17,20). The van der Waals surface area contributed by atoms with E-state index in [1.165, 1.54) is 6.07 Å². The van der Waals surface area contributed by atoms with Gasteiger partial charge in [0.1, 0.15) is 5.82 Å². The van der Waals surface area contributed by atoms with E-state index in [4.69, 9.17) is 12.2 Å². The predicted octanol–water partition coefficient (Wildman–Crippen LogP) is 3.89. The molecule has 0 saturated carbocycles. The number of halogens is 2. The first-order valence-corrected chi connectivity index (χ1v) is 7.38. The first kappa shape index (κ1) is 13.5. The molecule has 2 aromatic heterocycles. The van der Waals surface area contributed by atoms with E-state index in [1.54, 1.807) is 18.6 Å². The monoisotopic (exact) mass is 354 g/mol. The quantitative estimate of drug-likeness (QED) is 0.722. The Balaban J connectivity index is 1.85. The number of hydrogen-bond donors (Lipinski definition) is 1. The summed E-state index contributed by atoms with van der Waals surface area (Å²) in [5.41, 5.74) is 1.63. The Bertz CT molecular complexity index is 791. The molecule has 0 fully saturated rings. The van der Waals surface area contributed by atoms with Gasteiger partial charge in [0.2, 0.25) is 0 Å². The van der Waals surface area contributed by atoms with Crippen LogP contribution in [-0.4, -0.2) is 19.1 Å². The van der Waals surface area contributed by atoms with Crippen LogP contribution in [0.15, 0.2) is 35.3 Å². The minimum Gasteiger partial charge on any atom is -0.337 e. The number of aryl methyl sites for hydroxylation is 2. The van der Waals surface area contributed by atoms with Crippen LogP contribution in [0.1, 0.15) is 6.42 Å². The zero-order valence-electron chi connectivity index (χ0n) is 10.5. The van der Waals surface area contributed by atoms with Gasteiger partial charge in [0.25, 0.3) is 0 Å². The molecule has 1 aromatic carbocycles. The molecule has 0 aliphatic carbocycles. The Morgan fingerprint density at radius 1 is 1.35 bits per heavy atom. The van der Waals surface area contributed by atoms with Crippen molar-refractivity contribution in [2.45, 2.75) is 19.5 Å². The topological polar surface area (TPSA) is 38.5 Å². The van der Waals surface area contributed by atoms with Crippen molar-refractivity contribution in [1.82, 2.24) is 19.1 Å². The molecule has 0 spiro atoms. The van der Waals surface area contributed by atoms with E-state index in [0.717, 1.165) is 30.5 Å². The maximum absolute atomic E-state index is 13.5. The highest BCUT2D eigenvalue weighted by Gasteiger charge is 2.08. The van der Waals surface area contributed by atoms with Crippen LogP contribution in [0.4, 0.5) is 4.39 Å². The Labute approximate surface area is 128 Å². The molecule has 0 bridgehead atoms. The second-order valence-electron chi connectivity index (χ2n) is 4.52. The van der Waals surface area contributed by atoms with Gasteiger partial charge in [0.05, 0.1) is 21.8 Å². The van der Waals surface area contributed by atoms with E-state index in [1.807, 2.05) is 15.3 Å². The van der Waals surface area contributed by atoms with Gasteiger partial charge >= 0.3 is 0 Å². The Morgan fingerprint density at radius 2 is 2.20 bits per heavy atom. The molecule has 4 nitrogen and oxygen atoms in total. The van der Waals surface area contributed by atoms with Crippen molar-refractivity contribution < 1.29 is 4.39 Å². The zero-order valence-corrected chi connectivity index (χ0v) is 12.9. The number of nitrogens with one attached hydrogen (secondary N) is 1. The number of nitrogens with zero attached hydrogens (tertiary/aromatic N) is 3.